The van der Waals surface area contributed by atoms with Gasteiger partial charge in [0, 0.05) is 46.4 Å². The van der Waals surface area contributed by atoms with Crippen LogP contribution in [0.2, 0.25) is 0 Å². The molecule has 2 aromatic rings. The number of hydrogen-bond donors (Lipinski definition) is 1. The van der Waals surface area contributed by atoms with Crippen LogP contribution in [0.25, 0.3) is 10.2 Å². The summed E-state index contributed by atoms with van der Waals surface area (Å²) in [6, 6.07) is 0. The third-order valence-corrected chi connectivity index (χ3v) is 6.64. The van der Waals surface area contributed by atoms with Crippen LogP contribution in [0, 0.1) is 13.8 Å². The quantitative estimate of drug-likeness (QED) is 0.153. The van der Waals surface area contributed by atoms with Crippen molar-refractivity contribution >= 4 is 69.5 Å². The predicted octanol–water partition coefficient (Wildman–Crippen LogP) is 1.23. The summed E-state index contributed by atoms with van der Waals surface area (Å²) in [6.07, 6.45) is -5.82. The van der Waals surface area contributed by atoms with Crippen LogP contribution in [0.4, 0.5) is 5.95 Å². The zero-order chi connectivity index (χ0) is 32.6. The number of hydrazone groups is 1. The molecule has 0 aliphatic rings. The Bertz CT molecular complexity index is 1500. The molecule has 234 valence electrons. The second-order valence-corrected chi connectivity index (χ2v) is 10.3. The lowest BCUT2D eigenvalue weighted by Crippen LogP contribution is -2.53. The van der Waals surface area contributed by atoms with Crippen molar-refractivity contribution in [2.45, 2.75) is 79.8 Å². The van der Waals surface area contributed by atoms with Crippen LogP contribution >= 0.6 is 11.3 Å². The first-order valence-electron chi connectivity index (χ1n) is 12.7. The molecule has 4 atom stereocenters. The highest BCUT2D eigenvalue weighted by Crippen LogP contribution is 2.27. The number of nitrogens with one attached hydrogen (secondary N) is 1. The van der Waals surface area contributed by atoms with Crippen LogP contribution in [-0.4, -0.2) is 83.0 Å². The number of aromatic amines is 1. The van der Waals surface area contributed by atoms with E-state index in [-0.39, 0.29) is 5.95 Å². The number of ether oxygens (including phenoxy) is 5. The van der Waals surface area contributed by atoms with Crippen molar-refractivity contribution in [1.29, 1.82) is 0 Å². The molecule has 0 fully saturated rings. The summed E-state index contributed by atoms with van der Waals surface area (Å²) < 4.78 is 26.1. The summed E-state index contributed by atoms with van der Waals surface area (Å²) in [6.45, 7) is 9.19. The Morgan fingerprint density at radius 3 is 1.93 bits per heavy atom. The SMILES string of the molecule is CC(=O)OC[C@@H](OC(C)=O)[C@H](OC(C)=O)[C@H](OC(C)=O)[C@H](/C=N/N(C(C)=O)c1nc2sc(C)c(C)c2c(=O)[nH]1)OC(C)=O. The van der Waals surface area contributed by atoms with Gasteiger partial charge in [0.05, 0.1) is 11.6 Å². The molecule has 0 unspecified atom stereocenters. The topological polar surface area (TPSA) is 210 Å². The molecule has 0 aliphatic carbocycles. The molecule has 43 heavy (non-hydrogen) atoms. The van der Waals surface area contributed by atoms with E-state index in [1.54, 1.807) is 6.92 Å². The zero-order valence-corrected chi connectivity index (χ0v) is 25.6. The van der Waals surface area contributed by atoms with Gasteiger partial charge in [-0.1, -0.05) is 0 Å². The van der Waals surface area contributed by atoms with Gasteiger partial charge in [-0.05, 0) is 19.4 Å². The molecule has 0 aliphatic heterocycles. The molecule has 2 heterocycles. The number of nitrogens with zero attached hydrogens (tertiary/aromatic N) is 3. The lowest BCUT2D eigenvalue weighted by molar-refractivity contribution is -0.197. The van der Waals surface area contributed by atoms with Gasteiger partial charge in [-0.3, -0.25) is 38.5 Å². The number of esters is 5. The number of anilines is 1. The van der Waals surface area contributed by atoms with Crippen molar-refractivity contribution in [3.05, 3.63) is 20.8 Å². The number of fused-ring (bicyclic) bond motifs is 1. The van der Waals surface area contributed by atoms with Crippen LogP contribution in [0.15, 0.2) is 9.90 Å². The molecule has 1 N–H and O–H groups in total. The molecule has 16 nitrogen and oxygen atoms in total. The van der Waals surface area contributed by atoms with E-state index in [0.29, 0.717) is 15.2 Å². The van der Waals surface area contributed by atoms with Gasteiger partial charge in [-0.25, -0.2) is 4.98 Å². The minimum Gasteiger partial charge on any atom is -0.462 e. The van der Waals surface area contributed by atoms with Gasteiger partial charge in [0.15, 0.2) is 24.4 Å². The van der Waals surface area contributed by atoms with Gasteiger partial charge >= 0.3 is 29.8 Å². The Labute approximate surface area is 249 Å². The highest BCUT2D eigenvalue weighted by Gasteiger charge is 2.43. The molecule has 2 aromatic heterocycles. The van der Waals surface area contributed by atoms with E-state index in [2.05, 4.69) is 15.1 Å². The minimum absolute atomic E-state index is 0.266. The van der Waals surface area contributed by atoms with E-state index < -0.39 is 72.3 Å². The molecule has 17 heteroatoms. The monoisotopic (exact) mass is 624 g/mol. The Morgan fingerprint density at radius 2 is 1.42 bits per heavy atom. The van der Waals surface area contributed by atoms with Gasteiger partial charge < -0.3 is 23.7 Å². The third-order valence-electron chi connectivity index (χ3n) is 5.54. The number of aromatic nitrogens is 2. The van der Waals surface area contributed by atoms with E-state index in [9.17, 15) is 33.6 Å². The molecule has 1 amide bonds. The number of thiophene rings is 1. The minimum atomic E-state index is -1.75. The molecule has 0 spiro atoms. The lowest BCUT2D eigenvalue weighted by Gasteiger charge is -2.34. The number of aryl methyl sites for hydroxylation is 2. The zero-order valence-electron chi connectivity index (χ0n) is 24.7. The third kappa shape index (κ3) is 9.69. The summed E-state index contributed by atoms with van der Waals surface area (Å²) in [5, 5.41) is 5.09. The highest BCUT2D eigenvalue weighted by molar-refractivity contribution is 7.18. The fourth-order valence-electron chi connectivity index (χ4n) is 3.80. The average molecular weight is 625 g/mol. The summed E-state index contributed by atoms with van der Waals surface area (Å²) in [7, 11) is 0. The van der Waals surface area contributed by atoms with Crippen LogP contribution in [-0.2, 0) is 52.5 Å². The summed E-state index contributed by atoms with van der Waals surface area (Å²) >= 11 is 1.23. The van der Waals surface area contributed by atoms with Crippen molar-refractivity contribution in [3.8, 4) is 0 Å². The summed E-state index contributed by atoms with van der Waals surface area (Å²) in [4.78, 5) is 93.1. The van der Waals surface area contributed by atoms with Crippen molar-refractivity contribution < 1.29 is 52.5 Å². The van der Waals surface area contributed by atoms with Crippen molar-refractivity contribution in [3.63, 3.8) is 0 Å². The van der Waals surface area contributed by atoms with Crippen LogP contribution in [0.1, 0.15) is 52.0 Å². The molecular formula is C26H32N4O12S. The van der Waals surface area contributed by atoms with Crippen LogP contribution in [0.5, 0.6) is 0 Å². The number of amides is 1. The second kappa shape index (κ2) is 15.0. The molecule has 0 aromatic carbocycles. The first-order valence-corrected chi connectivity index (χ1v) is 13.5. The molecule has 0 saturated carbocycles. The van der Waals surface area contributed by atoms with Crippen molar-refractivity contribution in [2.24, 2.45) is 5.10 Å². The van der Waals surface area contributed by atoms with Gasteiger partial charge in [0.25, 0.3) is 5.56 Å². The molecule has 2 rings (SSSR count). The van der Waals surface area contributed by atoms with Crippen molar-refractivity contribution in [1.82, 2.24) is 9.97 Å². The average Bonchev–Trinajstić information content (AvgIpc) is 3.15. The maximum atomic E-state index is 12.8. The molecular weight excluding hydrogens is 592 g/mol. The lowest BCUT2D eigenvalue weighted by atomic mass is 10.0. The Balaban J connectivity index is 2.67. The number of carbonyl (C=O) groups is 6. The van der Waals surface area contributed by atoms with Gasteiger partial charge in [-0.15, -0.1) is 11.3 Å². The van der Waals surface area contributed by atoms with Gasteiger partial charge in [0.2, 0.25) is 11.9 Å². The molecule has 0 bridgehead atoms. The van der Waals surface area contributed by atoms with E-state index in [1.807, 2.05) is 6.92 Å². The van der Waals surface area contributed by atoms with E-state index in [4.69, 9.17) is 23.7 Å². The van der Waals surface area contributed by atoms with Crippen molar-refractivity contribution in [2.75, 3.05) is 11.6 Å². The Kier molecular flexibility index (Phi) is 12.0. The smallest absolute Gasteiger partial charge is 0.303 e. The predicted molar refractivity (Wildman–Crippen MR) is 150 cm³/mol. The van der Waals surface area contributed by atoms with Gasteiger partial charge in [0.1, 0.15) is 11.4 Å². The van der Waals surface area contributed by atoms with E-state index in [0.717, 1.165) is 58.2 Å². The first kappa shape index (κ1) is 34.5. The highest BCUT2D eigenvalue weighted by atomic mass is 32.1. The fraction of sp³-hybridized carbons (Fsp3) is 0.500. The number of rotatable bonds is 12. The number of H-pyrrole nitrogens is 1. The Hall–Kier alpha value is -4.67. The summed E-state index contributed by atoms with van der Waals surface area (Å²) in [5.74, 6) is -5.41. The fourth-order valence-corrected chi connectivity index (χ4v) is 4.83. The summed E-state index contributed by atoms with van der Waals surface area (Å²) in [5.41, 5.74) is 0.201. The molecule has 0 saturated heterocycles. The van der Waals surface area contributed by atoms with E-state index in [1.165, 1.54) is 11.3 Å². The Morgan fingerprint density at radius 1 is 0.860 bits per heavy atom. The maximum absolute atomic E-state index is 12.8. The van der Waals surface area contributed by atoms with Crippen LogP contribution < -0.4 is 10.6 Å². The maximum Gasteiger partial charge on any atom is 0.303 e. The normalized spacial score (nSPS) is 13.9. The standard InChI is InChI=1S/C26H32N4O12S/c1-11-12(2)43-25-21(11)24(37)28-26(29-25)30(13(3)31)27-9-19(39-15(5)33)22(41-17(7)35)23(42-18(8)36)20(40-16(6)34)10-38-14(4)32/h9,19-20,22-23H,10H2,1-8H3,(H,28,29,37)/b27-9+/t19-,20+,22+,23-/m0/s1. The number of carbonyl (C=O) groups excluding carboxylic acids is 6. The first-order chi connectivity index (χ1) is 20.0. The molecule has 0 radical (unpaired) electrons. The van der Waals surface area contributed by atoms with E-state index >= 15 is 0 Å². The van der Waals surface area contributed by atoms with Crippen LogP contribution in [0.3, 0.4) is 0 Å². The second-order valence-electron chi connectivity index (χ2n) is 9.12. The largest absolute Gasteiger partial charge is 0.462 e. The number of hydrogen-bond acceptors (Lipinski definition) is 15. The van der Waals surface area contributed by atoms with Gasteiger partial charge in [-0.2, -0.15) is 10.1 Å².